The molecule has 1 aromatic heterocycles. The molecule has 1 heterocycles. The van der Waals surface area contributed by atoms with E-state index in [0.29, 0.717) is 13.0 Å². The van der Waals surface area contributed by atoms with Crippen LogP contribution in [0.5, 0.6) is 0 Å². The summed E-state index contributed by atoms with van der Waals surface area (Å²) in [6, 6.07) is 12.6. The first-order valence-electron chi connectivity index (χ1n) is 8.38. The number of carbonyl (C=O) groups excluding carboxylic acids is 1. The molecule has 0 aliphatic rings. The van der Waals surface area contributed by atoms with Crippen LogP contribution >= 0.6 is 0 Å². The van der Waals surface area contributed by atoms with Gasteiger partial charge in [0.05, 0.1) is 16.9 Å². The van der Waals surface area contributed by atoms with E-state index in [4.69, 9.17) is 0 Å². The zero-order valence-corrected chi connectivity index (χ0v) is 14.4. The molecule has 0 saturated heterocycles. The molecule has 0 spiro atoms. The van der Waals surface area contributed by atoms with Gasteiger partial charge >= 0.3 is 0 Å². The van der Waals surface area contributed by atoms with Gasteiger partial charge in [-0.1, -0.05) is 18.2 Å². The van der Waals surface area contributed by atoms with Crippen molar-refractivity contribution < 1.29 is 13.6 Å². The van der Waals surface area contributed by atoms with Gasteiger partial charge in [-0.2, -0.15) is 5.10 Å². The molecular weight excluding hydrogens is 336 g/mol. The van der Waals surface area contributed by atoms with Crippen molar-refractivity contribution in [1.29, 1.82) is 0 Å². The van der Waals surface area contributed by atoms with Crippen LogP contribution in [0.3, 0.4) is 0 Å². The van der Waals surface area contributed by atoms with E-state index in [1.165, 1.54) is 0 Å². The number of nitrogens with one attached hydrogen (secondary N) is 1. The summed E-state index contributed by atoms with van der Waals surface area (Å²) in [4.78, 5) is 12.0. The van der Waals surface area contributed by atoms with E-state index >= 15 is 0 Å². The highest BCUT2D eigenvalue weighted by molar-refractivity contribution is 5.94. The molecule has 134 valence electrons. The van der Waals surface area contributed by atoms with Crippen molar-refractivity contribution in [1.82, 2.24) is 15.1 Å². The Labute approximate surface area is 150 Å². The van der Waals surface area contributed by atoms with Crippen LogP contribution in [0.2, 0.25) is 0 Å². The molecule has 3 aromatic rings. The zero-order valence-electron chi connectivity index (χ0n) is 14.4. The molecule has 0 fully saturated rings. The molecule has 0 saturated carbocycles. The van der Waals surface area contributed by atoms with E-state index in [1.807, 2.05) is 48.1 Å². The number of hydrogen-bond donors (Lipinski definition) is 1. The van der Waals surface area contributed by atoms with Crippen LogP contribution in [-0.4, -0.2) is 22.2 Å². The molecule has 1 N–H and O–H groups in total. The van der Waals surface area contributed by atoms with E-state index in [1.54, 1.807) is 0 Å². The Kier molecular flexibility index (Phi) is 5.41. The number of amides is 1. The average molecular weight is 355 g/mol. The second-order valence-corrected chi connectivity index (χ2v) is 6.00. The van der Waals surface area contributed by atoms with Crippen LogP contribution in [0.25, 0.3) is 5.69 Å². The first-order chi connectivity index (χ1) is 12.5. The van der Waals surface area contributed by atoms with Gasteiger partial charge in [0.1, 0.15) is 11.6 Å². The third-order valence-corrected chi connectivity index (χ3v) is 4.10. The summed E-state index contributed by atoms with van der Waals surface area (Å²) in [6.07, 6.45) is 3.37. The monoisotopic (exact) mass is 355 g/mol. The Balaban J connectivity index is 1.55. The summed E-state index contributed by atoms with van der Waals surface area (Å²) < 4.78 is 28.5. The highest BCUT2D eigenvalue weighted by atomic mass is 19.1. The van der Waals surface area contributed by atoms with Crippen LogP contribution in [-0.2, 0) is 6.42 Å². The van der Waals surface area contributed by atoms with Crippen LogP contribution in [0, 0.1) is 18.6 Å². The van der Waals surface area contributed by atoms with Gasteiger partial charge in [0, 0.05) is 12.7 Å². The minimum Gasteiger partial charge on any atom is -0.352 e. The number of para-hydroxylation sites is 1. The van der Waals surface area contributed by atoms with E-state index in [-0.39, 0.29) is 5.56 Å². The Hall–Kier alpha value is -3.02. The normalized spacial score (nSPS) is 10.7. The lowest BCUT2D eigenvalue weighted by Gasteiger charge is -2.06. The van der Waals surface area contributed by atoms with Crippen molar-refractivity contribution >= 4 is 5.91 Å². The lowest BCUT2D eigenvalue weighted by Crippen LogP contribution is -2.25. The number of carbonyl (C=O) groups is 1. The van der Waals surface area contributed by atoms with Gasteiger partial charge in [-0.15, -0.1) is 0 Å². The number of halogens is 2. The van der Waals surface area contributed by atoms with E-state index < -0.39 is 17.5 Å². The van der Waals surface area contributed by atoms with Gasteiger partial charge in [-0.25, -0.2) is 13.5 Å². The Morgan fingerprint density at radius 1 is 1.15 bits per heavy atom. The molecule has 26 heavy (non-hydrogen) atoms. The standard InChI is InChI=1S/C20H19F2N3O/c1-14-15(13-25(24-14)17-7-3-2-4-8-17)6-5-11-23-20(26)18-12-16(21)9-10-19(18)22/h2-4,7-10,12-13H,5-6,11H2,1H3,(H,23,26). The number of aromatic nitrogens is 2. The third kappa shape index (κ3) is 4.14. The molecule has 2 aromatic carbocycles. The maximum Gasteiger partial charge on any atom is 0.254 e. The van der Waals surface area contributed by atoms with Gasteiger partial charge in [0.15, 0.2) is 0 Å². The number of hydrogen-bond acceptors (Lipinski definition) is 2. The lowest BCUT2D eigenvalue weighted by molar-refractivity contribution is 0.0948. The number of benzene rings is 2. The molecule has 4 nitrogen and oxygen atoms in total. The Bertz CT molecular complexity index is 907. The second kappa shape index (κ2) is 7.91. The predicted octanol–water partition coefficient (Wildman–Crippen LogP) is 3.82. The van der Waals surface area contributed by atoms with Gasteiger partial charge in [-0.05, 0) is 55.7 Å². The Morgan fingerprint density at radius 2 is 1.92 bits per heavy atom. The molecule has 3 rings (SSSR count). The van der Waals surface area contributed by atoms with E-state index in [2.05, 4.69) is 10.4 Å². The highest BCUT2D eigenvalue weighted by Gasteiger charge is 2.12. The minimum atomic E-state index is -0.733. The van der Waals surface area contributed by atoms with Crippen molar-refractivity contribution in [2.45, 2.75) is 19.8 Å². The topological polar surface area (TPSA) is 46.9 Å². The predicted molar refractivity (Wildman–Crippen MR) is 95.3 cm³/mol. The summed E-state index contributed by atoms with van der Waals surface area (Å²) in [5.74, 6) is -1.98. The fourth-order valence-corrected chi connectivity index (χ4v) is 2.70. The molecule has 0 aliphatic carbocycles. The summed E-state index contributed by atoms with van der Waals surface area (Å²) in [7, 11) is 0. The lowest BCUT2D eigenvalue weighted by atomic mass is 10.1. The summed E-state index contributed by atoms with van der Waals surface area (Å²) in [5, 5.41) is 7.12. The van der Waals surface area contributed by atoms with Crippen LogP contribution in [0.1, 0.15) is 28.0 Å². The summed E-state index contributed by atoms with van der Waals surface area (Å²) in [5.41, 5.74) is 2.71. The molecule has 1 amide bonds. The fourth-order valence-electron chi connectivity index (χ4n) is 2.70. The van der Waals surface area contributed by atoms with Crippen molar-refractivity contribution in [2.24, 2.45) is 0 Å². The van der Waals surface area contributed by atoms with E-state index in [9.17, 15) is 13.6 Å². The summed E-state index contributed by atoms with van der Waals surface area (Å²) >= 11 is 0. The first kappa shape index (κ1) is 17.8. The minimum absolute atomic E-state index is 0.280. The first-order valence-corrected chi connectivity index (χ1v) is 8.38. The summed E-state index contributed by atoms with van der Waals surface area (Å²) in [6.45, 7) is 2.31. The van der Waals surface area contributed by atoms with Crippen molar-refractivity contribution in [2.75, 3.05) is 6.54 Å². The van der Waals surface area contributed by atoms with Crippen LogP contribution < -0.4 is 5.32 Å². The van der Waals surface area contributed by atoms with Crippen molar-refractivity contribution in [3.05, 3.63) is 83.2 Å². The fraction of sp³-hybridized carbons (Fsp3) is 0.200. The van der Waals surface area contributed by atoms with Gasteiger partial charge in [0.2, 0.25) is 0 Å². The number of aryl methyl sites for hydroxylation is 2. The Morgan fingerprint density at radius 3 is 2.69 bits per heavy atom. The molecule has 0 bridgehead atoms. The quantitative estimate of drug-likeness (QED) is 0.683. The zero-order chi connectivity index (χ0) is 18.5. The molecular formula is C20H19F2N3O. The largest absolute Gasteiger partial charge is 0.352 e. The van der Waals surface area contributed by atoms with Crippen LogP contribution in [0.4, 0.5) is 8.78 Å². The number of rotatable bonds is 6. The van der Waals surface area contributed by atoms with E-state index in [0.717, 1.165) is 41.6 Å². The molecule has 0 aliphatic heterocycles. The maximum absolute atomic E-state index is 13.6. The number of nitrogens with zero attached hydrogens (tertiary/aromatic N) is 2. The average Bonchev–Trinajstić information content (AvgIpc) is 3.02. The second-order valence-electron chi connectivity index (χ2n) is 6.00. The van der Waals surface area contributed by atoms with Crippen molar-refractivity contribution in [3.8, 4) is 5.69 Å². The molecule has 0 radical (unpaired) electrons. The molecule has 0 unspecified atom stereocenters. The molecule has 0 atom stereocenters. The third-order valence-electron chi connectivity index (χ3n) is 4.10. The molecule has 6 heteroatoms. The van der Waals surface area contributed by atoms with Crippen molar-refractivity contribution in [3.63, 3.8) is 0 Å². The highest BCUT2D eigenvalue weighted by Crippen LogP contribution is 2.13. The van der Waals surface area contributed by atoms with Gasteiger partial charge in [-0.3, -0.25) is 4.79 Å². The van der Waals surface area contributed by atoms with Gasteiger partial charge in [0.25, 0.3) is 5.91 Å². The van der Waals surface area contributed by atoms with Crippen LogP contribution in [0.15, 0.2) is 54.7 Å². The SMILES string of the molecule is Cc1nn(-c2ccccc2)cc1CCCNC(=O)c1cc(F)ccc1F. The smallest absolute Gasteiger partial charge is 0.254 e. The van der Waals surface area contributed by atoms with Gasteiger partial charge < -0.3 is 5.32 Å². The maximum atomic E-state index is 13.6.